The Morgan fingerprint density at radius 3 is 2.53 bits per heavy atom. The maximum atomic E-state index is 6.19. The van der Waals surface area contributed by atoms with Gasteiger partial charge in [0.05, 0.1) is 18.6 Å². The van der Waals surface area contributed by atoms with Gasteiger partial charge in [-0.1, -0.05) is 25.9 Å². The Hall–Kier alpha value is -0.940. The summed E-state index contributed by atoms with van der Waals surface area (Å²) in [6.45, 7) is 7.53. The molecule has 0 amide bonds. The first kappa shape index (κ1) is 14.1. The minimum absolute atomic E-state index is 0.466. The van der Waals surface area contributed by atoms with Crippen LogP contribution in [0.1, 0.15) is 51.7 Å². The molecule has 17 heavy (non-hydrogen) atoms. The second kappa shape index (κ2) is 6.71. The molecule has 0 aliphatic carbocycles. The normalized spacial score (nSPS) is 12.0. The molecular weight excluding hydrogens is 218 g/mol. The SMILES string of the molecule is CCCOCCc1nc(C(N)(CC)CC)no1. The fraction of sp³-hybridized carbons (Fsp3) is 0.833. The molecule has 0 fully saturated rings. The fourth-order valence-corrected chi connectivity index (χ4v) is 1.53. The highest BCUT2D eigenvalue weighted by Gasteiger charge is 2.28. The predicted molar refractivity (Wildman–Crippen MR) is 65.6 cm³/mol. The molecule has 0 bridgehead atoms. The lowest BCUT2D eigenvalue weighted by Gasteiger charge is -2.21. The van der Waals surface area contributed by atoms with E-state index in [9.17, 15) is 0 Å². The number of nitrogens with two attached hydrogens (primary N) is 1. The van der Waals surface area contributed by atoms with Crippen molar-refractivity contribution in [1.29, 1.82) is 0 Å². The van der Waals surface area contributed by atoms with Crippen molar-refractivity contribution < 1.29 is 9.26 Å². The van der Waals surface area contributed by atoms with Crippen LogP contribution in [0, 0.1) is 0 Å². The molecule has 0 spiro atoms. The van der Waals surface area contributed by atoms with Crippen molar-refractivity contribution >= 4 is 0 Å². The van der Waals surface area contributed by atoms with Gasteiger partial charge in [-0.15, -0.1) is 0 Å². The van der Waals surface area contributed by atoms with Crippen LogP contribution in [-0.4, -0.2) is 23.4 Å². The van der Waals surface area contributed by atoms with E-state index in [0.29, 0.717) is 24.7 Å². The van der Waals surface area contributed by atoms with Gasteiger partial charge in [-0.2, -0.15) is 4.98 Å². The summed E-state index contributed by atoms with van der Waals surface area (Å²) < 4.78 is 10.5. The Morgan fingerprint density at radius 1 is 1.24 bits per heavy atom. The van der Waals surface area contributed by atoms with Crippen LogP contribution in [0.3, 0.4) is 0 Å². The van der Waals surface area contributed by atoms with Crippen molar-refractivity contribution in [2.24, 2.45) is 5.73 Å². The lowest BCUT2D eigenvalue weighted by atomic mass is 9.93. The molecule has 5 nitrogen and oxygen atoms in total. The highest BCUT2D eigenvalue weighted by atomic mass is 16.5. The molecule has 1 rings (SSSR count). The van der Waals surface area contributed by atoms with E-state index in [1.54, 1.807) is 0 Å². The monoisotopic (exact) mass is 241 g/mol. The van der Waals surface area contributed by atoms with Gasteiger partial charge in [-0.25, -0.2) is 0 Å². The third-order valence-electron chi connectivity index (χ3n) is 2.98. The number of aromatic nitrogens is 2. The van der Waals surface area contributed by atoms with Crippen LogP contribution in [0.2, 0.25) is 0 Å². The average Bonchev–Trinajstić information content (AvgIpc) is 2.83. The largest absolute Gasteiger partial charge is 0.381 e. The molecular formula is C12H23N3O2. The van der Waals surface area contributed by atoms with Gasteiger partial charge < -0.3 is 15.0 Å². The first-order valence-corrected chi connectivity index (χ1v) is 6.36. The first-order chi connectivity index (χ1) is 8.16. The van der Waals surface area contributed by atoms with E-state index in [2.05, 4.69) is 17.1 Å². The Balaban J connectivity index is 2.53. The van der Waals surface area contributed by atoms with Crippen LogP contribution in [0.25, 0.3) is 0 Å². The van der Waals surface area contributed by atoms with Crippen LogP contribution in [0.15, 0.2) is 4.52 Å². The van der Waals surface area contributed by atoms with Crippen LogP contribution < -0.4 is 5.73 Å². The molecule has 0 saturated carbocycles. The smallest absolute Gasteiger partial charge is 0.229 e. The van der Waals surface area contributed by atoms with E-state index >= 15 is 0 Å². The van der Waals surface area contributed by atoms with E-state index in [1.807, 2.05) is 13.8 Å². The molecule has 1 aromatic rings. The van der Waals surface area contributed by atoms with Crippen molar-refractivity contribution in [1.82, 2.24) is 10.1 Å². The average molecular weight is 241 g/mol. The number of hydrogen-bond acceptors (Lipinski definition) is 5. The third kappa shape index (κ3) is 3.78. The second-order valence-electron chi connectivity index (χ2n) is 4.24. The number of ether oxygens (including phenoxy) is 1. The molecule has 2 N–H and O–H groups in total. The Kier molecular flexibility index (Phi) is 5.58. The van der Waals surface area contributed by atoms with Crippen molar-refractivity contribution in [3.8, 4) is 0 Å². The lowest BCUT2D eigenvalue weighted by molar-refractivity contribution is 0.132. The number of rotatable bonds is 8. The van der Waals surface area contributed by atoms with Crippen LogP contribution >= 0.6 is 0 Å². The van der Waals surface area contributed by atoms with Crippen molar-refractivity contribution in [2.75, 3.05) is 13.2 Å². The molecule has 0 unspecified atom stereocenters. The molecule has 0 radical (unpaired) electrons. The van der Waals surface area contributed by atoms with Gasteiger partial charge in [-0.05, 0) is 19.3 Å². The van der Waals surface area contributed by atoms with Crippen molar-refractivity contribution in [2.45, 2.75) is 52.0 Å². The highest BCUT2D eigenvalue weighted by molar-refractivity contribution is 5.02. The van der Waals surface area contributed by atoms with Crippen LogP contribution in [0.4, 0.5) is 0 Å². The van der Waals surface area contributed by atoms with Gasteiger partial charge in [0.2, 0.25) is 5.89 Å². The summed E-state index contributed by atoms with van der Waals surface area (Å²) in [4.78, 5) is 4.34. The van der Waals surface area contributed by atoms with Crippen molar-refractivity contribution in [3.05, 3.63) is 11.7 Å². The zero-order valence-corrected chi connectivity index (χ0v) is 11.0. The highest BCUT2D eigenvalue weighted by Crippen LogP contribution is 2.22. The van der Waals surface area contributed by atoms with E-state index in [4.69, 9.17) is 15.0 Å². The van der Waals surface area contributed by atoms with E-state index < -0.39 is 5.54 Å². The molecule has 0 aliphatic heterocycles. The zero-order valence-electron chi connectivity index (χ0n) is 11.0. The quantitative estimate of drug-likeness (QED) is 0.705. The second-order valence-corrected chi connectivity index (χ2v) is 4.24. The predicted octanol–water partition coefficient (Wildman–Crippen LogP) is 2.01. The minimum atomic E-state index is -0.466. The van der Waals surface area contributed by atoms with Gasteiger partial charge in [0.25, 0.3) is 0 Å². The summed E-state index contributed by atoms with van der Waals surface area (Å²) in [5.41, 5.74) is 5.73. The van der Waals surface area contributed by atoms with Gasteiger partial charge in [0.15, 0.2) is 5.82 Å². The topological polar surface area (TPSA) is 74.2 Å². The molecule has 0 saturated heterocycles. The van der Waals surface area contributed by atoms with Gasteiger partial charge in [0.1, 0.15) is 0 Å². The number of nitrogens with zero attached hydrogens (tertiary/aromatic N) is 2. The standard InChI is InChI=1S/C12H23N3O2/c1-4-8-16-9-7-10-14-11(15-17-10)12(13,5-2)6-3/h4-9,13H2,1-3H3. The lowest BCUT2D eigenvalue weighted by Crippen LogP contribution is -2.36. The summed E-state index contributed by atoms with van der Waals surface area (Å²) in [7, 11) is 0. The Morgan fingerprint density at radius 2 is 1.94 bits per heavy atom. The summed E-state index contributed by atoms with van der Waals surface area (Å²) in [5, 5.41) is 3.96. The third-order valence-corrected chi connectivity index (χ3v) is 2.98. The molecule has 5 heteroatoms. The fourth-order valence-electron chi connectivity index (χ4n) is 1.53. The summed E-state index contributed by atoms with van der Waals surface area (Å²) >= 11 is 0. The minimum Gasteiger partial charge on any atom is -0.381 e. The molecule has 0 aromatic carbocycles. The van der Waals surface area contributed by atoms with Gasteiger partial charge in [0, 0.05) is 6.61 Å². The Labute approximate surface area is 103 Å². The molecule has 0 atom stereocenters. The molecule has 0 aliphatic rings. The van der Waals surface area contributed by atoms with E-state index in [-0.39, 0.29) is 0 Å². The van der Waals surface area contributed by atoms with Gasteiger partial charge in [-0.3, -0.25) is 0 Å². The summed E-state index contributed by atoms with van der Waals surface area (Å²) in [6, 6.07) is 0. The molecule has 1 aromatic heterocycles. The maximum absolute atomic E-state index is 6.19. The first-order valence-electron chi connectivity index (χ1n) is 6.36. The Bertz CT molecular complexity index is 321. The van der Waals surface area contributed by atoms with Crippen LogP contribution in [-0.2, 0) is 16.7 Å². The van der Waals surface area contributed by atoms with Crippen molar-refractivity contribution in [3.63, 3.8) is 0 Å². The van der Waals surface area contributed by atoms with E-state index in [0.717, 1.165) is 25.9 Å². The molecule has 1 heterocycles. The summed E-state index contributed by atoms with van der Waals surface area (Å²) in [5.74, 6) is 1.21. The zero-order chi connectivity index (χ0) is 12.7. The molecule has 98 valence electrons. The maximum Gasteiger partial charge on any atom is 0.229 e. The number of hydrogen-bond donors (Lipinski definition) is 1. The van der Waals surface area contributed by atoms with Gasteiger partial charge >= 0.3 is 0 Å². The van der Waals surface area contributed by atoms with Crippen LogP contribution in [0.5, 0.6) is 0 Å². The van der Waals surface area contributed by atoms with E-state index in [1.165, 1.54) is 0 Å². The summed E-state index contributed by atoms with van der Waals surface area (Å²) in [6.07, 6.45) is 3.27.